The van der Waals surface area contributed by atoms with Crippen molar-refractivity contribution in [3.8, 4) is 11.1 Å². The molecule has 8 rings (SSSR count). The van der Waals surface area contributed by atoms with E-state index < -0.39 is 0 Å². The van der Waals surface area contributed by atoms with Crippen LogP contribution in [0.5, 0.6) is 0 Å². The molecule has 0 N–H and O–H groups in total. The first kappa shape index (κ1) is 32.0. The Bertz CT molecular complexity index is 2470. The summed E-state index contributed by atoms with van der Waals surface area (Å²) in [5, 5.41) is 2.78. The molecule has 0 bridgehead atoms. The van der Waals surface area contributed by atoms with Gasteiger partial charge in [-0.15, -0.1) is 0 Å². The van der Waals surface area contributed by atoms with Crippen molar-refractivity contribution in [3.05, 3.63) is 109 Å². The van der Waals surface area contributed by atoms with Crippen LogP contribution in [0.15, 0.2) is 36.4 Å². The molecule has 0 unspecified atom stereocenters. The maximum Gasteiger partial charge on any atom is 0.333 e. The molecular formula is C46H51BN2. The Balaban J connectivity index is 1.70. The van der Waals surface area contributed by atoms with E-state index >= 15 is 0 Å². The first-order valence-corrected chi connectivity index (χ1v) is 18.2. The zero-order valence-corrected chi connectivity index (χ0v) is 32.4. The van der Waals surface area contributed by atoms with Crippen molar-refractivity contribution < 1.29 is 0 Å². The molecule has 6 aromatic rings. The highest BCUT2D eigenvalue weighted by atomic mass is 15.2. The topological polar surface area (TPSA) is 8.17 Å². The normalized spacial score (nSPS) is 13.5. The van der Waals surface area contributed by atoms with Gasteiger partial charge in [0.15, 0.2) is 0 Å². The van der Waals surface area contributed by atoms with Gasteiger partial charge in [-0.25, -0.2) is 0 Å². The molecule has 248 valence electrons. The van der Waals surface area contributed by atoms with E-state index in [-0.39, 0.29) is 12.3 Å². The molecule has 2 nitrogen and oxygen atoms in total. The number of hydrogen-bond donors (Lipinski definition) is 0. The largest absolute Gasteiger partial charge is 0.375 e. The summed E-state index contributed by atoms with van der Waals surface area (Å²) in [7, 11) is 0. The predicted octanol–water partition coefficient (Wildman–Crippen LogP) is 11.2. The standard InChI is InChI=1S/C46H51BN2/c1-22-24(3)31(10)43(32(11)25(22)4)48-38-21-34(46(13,14)15)20-36-40-29(8)27(6)28(7)39-35-18-16-17-19-37(35)49(45(39)40)47(42(36)38)41-30(9)23(2)26(5)33(12)44(41)48/h16-21H,1-15H3. The van der Waals surface area contributed by atoms with Crippen LogP contribution in [0.3, 0.4) is 0 Å². The quantitative estimate of drug-likeness (QED) is 0.162. The van der Waals surface area contributed by atoms with Gasteiger partial charge in [0.1, 0.15) is 0 Å². The summed E-state index contributed by atoms with van der Waals surface area (Å²) in [6.07, 6.45) is 0. The second-order valence-corrected chi connectivity index (χ2v) is 16.5. The minimum Gasteiger partial charge on any atom is -0.375 e. The highest BCUT2D eigenvalue weighted by molar-refractivity contribution is 6.90. The van der Waals surface area contributed by atoms with Crippen LogP contribution in [-0.4, -0.2) is 11.3 Å². The van der Waals surface area contributed by atoms with Crippen LogP contribution < -0.4 is 15.8 Å². The fraction of sp³-hybridized carbons (Fsp3) is 0.348. The van der Waals surface area contributed by atoms with Crippen LogP contribution in [0.25, 0.3) is 32.9 Å². The van der Waals surface area contributed by atoms with E-state index in [0.29, 0.717) is 0 Å². The number of fused-ring (bicyclic) bond motifs is 7. The molecule has 0 saturated heterocycles. The summed E-state index contributed by atoms with van der Waals surface area (Å²) in [6, 6.07) is 14.3. The molecule has 0 aliphatic carbocycles. The Morgan fingerprint density at radius 2 is 1.06 bits per heavy atom. The fourth-order valence-electron chi connectivity index (χ4n) is 9.59. The number of rotatable bonds is 1. The number of benzene rings is 5. The van der Waals surface area contributed by atoms with Crippen LogP contribution >= 0.6 is 0 Å². The Morgan fingerprint density at radius 1 is 0.531 bits per heavy atom. The lowest BCUT2D eigenvalue weighted by Gasteiger charge is -2.45. The third-order valence-electron chi connectivity index (χ3n) is 13.5. The average molecular weight is 643 g/mol. The van der Waals surface area contributed by atoms with Crippen LogP contribution in [0.2, 0.25) is 0 Å². The van der Waals surface area contributed by atoms with E-state index in [2.05, 4.69) is 150 Å². The van der Waals surface area contributed by atoms with Crippen molar-refractivity contribution >= 4 is 56.6 Å². The van der Waals surface area contributed by atoms with Gasteiger partial charge in [0.05, 0.1) is 5.69 Å². The van der Waals surface area contributed by atoms with Crippen LogP contribution in [0, 0.1) is 83.1 Å². The van der Waals surface area contributed by atoms with Crippen molar-refractivity contribution in [2.45, 2.75) is 109 Å². The van der Waals surface area contributed by atoms with Gasteiger partial charge in [0, 0.05) is 38.7 Å². The number of para-hydroxylation sites is 1. The molecule has 0 amide bonds. The molecule has 2 aliphatic heterocycles. The van der Waals surface area contributed by atoms with Crippen molar-refractivity contribution in [1.82, 2.24) is 4.48 Å². The molecular weight excluding hydrogens is 591 g/mol. The highest BCUT2D eigenvalue weighted by Gasteiger charge is 2.46. The summed E-state index contributed by atoms with van der Waals surface area (Å²) < 4.78 is 2.75. The summed E-state index contributed by atoms with van der Waals surface area (Å²) >= 11 is 0. The van der Waals surface area contributed by atoms with Crippen LogP contribution in [0.4, 0.5) is 17.1 Å². The molecule has 0 fully saturated rings. The minimum atomic E-state index is -0.0265. The number of nitrogens with zero attached hydrogens (tertiary/aromatic N) is 2. The van der Waals surface area contributed by atoms with Crippen LogP contribution in [0.1, 0.15) is 93.1 Å². The van der Waals surface area contributed by atoms with Gasteiger partial charge < -0.3 is 9.38 Å². The van der Waals surface area contributed by atoms with E-state index in [1.807, 2.05) is 0 Å². The van der Waals surface area contributed by atoms with E-state index in [1.165, 1.54) is 133 Å². The van der Waals surface area contributed by atoms with Gasteiger partial charge in [0.25, 0.3) is 0 Å². The smallest absolute Gasteiger partial charge is 0.333 e. The molecule has 3 heteroatoms. The first-order chi connectivity index (χ1) is 23.0. The SMILES string of the molecule is Cc1c(C)c(C)c(N2c3cc(C(C)(C)C)cc4c3B(c3c(C)c(C)c(C)c(C)c32)n2c3ccccc3c3c(C)c(C)c(C)c-4c32)c(C)c1C. The Hall–Kier alpha value is -4.24. The van der Waals surface area contributed by atoms with Crippen LogP contribution in [-0.2, 0) is 5.41 Å². The zero-order valence-electron chi connectivity index (χ0n) is 32.4. The molecule has 49 heavy (non-hydrogen) atoms. The maximum absolute atomic E-state index is 2.75. The highest BCUT2D eigenvalue weighted by Crippen LogP contribution is 2.52. The lowest BCUT2D eigenvalue weighted by molar-refractivity contribution is 0.590. The van der Waals surface area contributed by atoms with Gasteiger partial charge in [-0.2, -0.15) is 0 Å². The van der Waals surface area contributed by atoms with E-state index in [1.54, 1.807) is 0 Å². The molecule has 1 aromatic heterocycles. The Morgan fingerprint density at radius 3 is 1.67 bits per heavy atom. The third-order valence-corrected chi connectivity index (χ3v) is 13.5. The van der Waals surface area contributed by atoms with Gasteiger partial charge in [-0.05, 0) is 189 Å². The fourth-order valence-corrected chi connectivity index (χ4v) is 9.59. The predicted molar refractivity (Wildman–Crippen MR) is 216 cm³/mol. The Kier molecular flexibility index (Phi) is 6.63. The van der Waals surface area contributed by atoms with Crippen molar-refractivity contribution in [3.63, 3.8) is 0 Å². The number of aromatic nitrogens is 1. The van der Waals surface area contributed by atoms with Gasteiger partial charge in [0.2, 0.25) is 0 Å². The number of aryl methyl sites for hydroxylation is 1. The lowest BCUT2D eigenvalue weighted by Crippen LogP contribution is -2.58. The van der Waals surface area contributed by atoms with Gasteiger partial charge in [-0.1, -0.05) is 45.0 Å². The summed E-state index contributed by atoms with van der Waals surface area (Å²) in [5.41, 5.74) is 30.7. The summed E-state index contributed by atoms with van der Waals surface area (Å²) in [4.78, 5) is 2.73. The molecule has 0 radical (unpaired) electrons. The van der Waals surface area contributed by atoms with E-state index in [0.717, 1.165) is 0 Å². The van der Waals surface area contributed by atoms with E-state index in [4.69, 9.17) is 0 Å². The molecule has 0 saturated carbocycles. The second-order valence-electron chi connectivity index (χ2n) is 16.5. The van der Waals surface area contributed by atoms with Crippen molar-refractivity contribution in [2.75, 3.05) is 4.90 Å². The molecule has 5 aromatic carbocycles. The van der Waals surface area contributed by atoms with Gasteiger partial charge >= 0.3 is 6.85 Å². The van der Waals surface area contributed by atoms with Crippen molar-refractivity contribution in [2.24, 2.45) is 0 Å². The molecule has 0 spiro atoms. The number of hydrogen-bond acceptors (Lipinski definition) is 1. The molecule has 0 atom stereocenters. The third kappa shape index (κ3) is 3.85. The molecule has 2 aliphatic rings. The maximum atomic E-state index is 2.75. The lowest BCUT2D eigenvalue weighted by atomic mass is 9.43. The second kappa shape index (κ2) is 10.2. The summed E-state index contributed by atoms with van der Waals surface area (Å²) in [5.74, 6) is 0. The molecule has 3 heterocycles. The minimum absolute atomic E-state index is 0.0265. The zero-order chi connectivity index (χ0) is 35.3. The summed E-state index contributed by atoms with van der Waals surface area (Å²) in [6.45, 7) is 35.3. The Labute approximate surface area is 294 Å². The first-order valence-electron chi connectivity index (χ1n) is 18.2. The average Bonchev–Trinajstić information content (AvgIpc) is 3.41. The number of anilines is 3. The van der Waals surface area contributed by atoms with Gasteiger partial charge in [-0.3, -0.25) is 0 Å². The van der Waals surface area contributed by atoms with Crippen molar-refractivity contribution in [1.29, 1.82) is 0 Å². The monoisotopic (exact) mass is 642 g/mol. The van der Waals surface area contributed by atoms with E-state index in [9.17, 15) is 0 Å².